The molecule has 0 bridgehead atoms. The zero-order valence-corrected chi connectivity index (χ0v) is 10.8. The number of carbonyl (C=O) groups excluding carboxylic acids is 1. The normalized spacial score (nSPS) is 10.7. The third kappa shape index (κ3) is 3.86. The highest BCUT2D eigenvalue weighted by Gasteiger charge is 2.15. The van der Waals surface area contributed by atoms with E-state index in [1.807, 2.05) is 16.8 Å². The second kappa shape index (κ2) is 6.43. The van der Waals surface area contributed by atoms with Gasteiger partial charge in [0.1, 0.15) is 5.75 Å². The predicted octanol–water partition coefficient (Wildman–Crippen LogP) is 4.17. The topological polar surface area (TPSA) is 26.3 Å². The molecule has 0 N–H and O–H groups in total. The van der Waals surface area contributed by atoms with Crippen molar-refractivity contribution < 1.29 is 18.3 Å². The van der Waals surface area contributed by atoms with Crippen molar-refractivity contribution in [2.45, 2.75) is 19.5 Å². The van der Waals surface area contributed by atoms with E-state index in [4.69, 9.17) is 0 Å². The Morgan fingerprint density at radius 2 is 2.05 bits per heavy atom. The maximum atomic E-state index is 12.2. The molecule has 2 rings (SSSR count). The smallest absolute Gasteiger partial charge is 0.387 e. The van der Waals surface area contributed by atoms with Crippen LogP contribution in [0.15, 0.2) is 41.1 Å². The van der Waals surface area contributed by atoms with E-state index in [9.17, 15) is 13.6 Å². The second-order valence-electron chi connectivity index (χ2n) is 3.93. The van der Waals surface area contributed by atoms with Crippen LogP contribution in [-0.2, 0) is 6.42 Å². The number of halogens is 2. The van der Waals surface area contributed by atoms with Crippen LogP contribution >= 0.6 is 11.3 Å². The van der Waals surface area contributed by atoms with Gasteiger partial charge in [-0.1, -0.05) is 12.1 Å². The van der Waals surface area contributed by atoms with Gasteiger partial charge in [0.05, 0.1) is 5.56 Å². The van der Waals surface area contributed by atoms with Gasteiger partial charge in [-0.05, 0) is 40.9 Å². The first-order valence-corrected chi connectivity index (χ1v) is 6.69. The number of benzene rings is 1. The van der Waals surface area contributed by atoms with Crippen molar-refractivity contribution in [3.05, 3.63) is 52.2 Å². The van der Waals surface area contributed by atoms with Crippen LogP contribution in [0.25, 0.3) is 0 Å². The third-order valence-corrected chi connectivity index (χ3v) is 3.36. The molecule has 2 aromatic rings. The summed E-state index contributed by atoms with van der Waals surface area (Å²) in [4.78, 5) is 12.0. The van der Waals surface area contributed by atoms with E-state index in [1.54, 1.807) is 23.5 Å². The number of hydrogen-bond acceptors (Lipinski definition) is 3. The SMILES string of the molecule is O=C(CCc1ccsc1)c1ccccc1OC(F)F. The number of carbonyl (C=O) groups is 1. The summed E-state index contributed by atoms with van der Waals surface area (Å²) in [6, 6.07) is 8.03. The van der Waals surface area contributed by atoms with Gasteiger partial charge in [-0.15, -0.1) is 0 Å². The van der Waals surface area contributed by atoms with Gasteiger partial charge < -0.3 is 4.74 Å². The van der Waals surface area contributed by atoms with Crippen molar-refractivity contribution in [1.82, 2.24) is 0 Å². The third-order valence-electron chi connectivity index (χ3n) is 2.62. The fourth-order valence-electron chi connectivity index (χ4n) is 1.72. The first-order valence-electron chi connectivity index (χ1n) is 5.75. The molecule has 100 valence electrons. The molecule has 0 aliphatic carbocycles. The molecule has 0 saturated heterocycles. The van der Waals surface area contributed by atoms with Crippen molar-refractivity contribution in [2.24, 2.45) is 0 Å². The summed E-state index contributed by atoms with van der Waals surface area (Å²) in [5.74, 6) is -0.254. The zero-order chi connectivity index (χ0) is 13.7. The van der Waals surface area contributed by atoms with E-state index in [0.29, 0.717) is 6.42 Å². The highest BCUT2D eigenvalue weighted by Crippen LogP contribution is 2.22. The van der Waals surface area contributed by atoms with E-state index in [1.165, 1.54) is 12.1 Å². The molecule has 1 aromatic carbocycles. The van der Waals surface area contributed by atoms with Crippen molar-refractivity contribution >= 4 is 17.1 Å². The zero-order valence-electron chi connectivity index (χ0n) is 10.0. The Labute approximate surface area is 113 Å². The minimum atomic E-state index is -2.93. The number of aryl methyl sites for hydroxylation is 1. The quantitative estimate of drug-likeness (QED) is 0.743. The first kappa shape index (κ1) is 13.7. The number of ketones is 1. The van der Waals surface area contributed by atoms with Gasteiger partial charge in [-0.2, -0.15) is 20.1 Å². The number of hydrogen-bond donors (Lipinski definition) is 0. The van der Waals surface area contributed by atoms with Crippen LogP contribution in [0.3, 0.4) is 0 Å². The molecule has 0 radical (unpaired) electrons. The molecule has 0 saturated carbocycles. The fraction of sp³-hybridized carbons (Fsp3) is 0.214. The van der Waals surface area contributed by atoms with Gasteiger partial charge >= 0.3 is 6.61 Å². The van der Waals surface area contributed by atoms with E-state index in [-0.39, 0.29) is 23.5 Å². The first-order chi connectivity index (χ1) is 9.16. The Morgan fingerprint density at radius 1 is 1.26 bits per heavy atom. The molecule has 19 heavy (non-hydrogen) atoms. The van der Waals surface area contributed by atoms with E-state index >= 15 is 0 Å². The van der Waals surface area contributed by atoms with Gasteiger partial charge in [0.15, 0.2) is 5.78 Å². The average molecular weight is 282 g/mol. The molecule has 2 nitrogen and oxygen atoms in total. The number of rotatable bonds is 6. The van der Waals surface area contributed by atoms with Crippen LogP contribution in [0.5, 0.6) is 5.75 Å². The van der Waals surface area contributed by atoms with Crippen LogP contribution < -0.4 is 4.74 Å². The molecule has 5 heteroatoms. The molecule has 1 heterocycles. The standard InChI is InChI=1S/C14H12F2O2S/c15-14(16)18-13-4-2-1-3-11(13)12(17)6-5-10-7-8-19-9-10/h1-4,7-9,14H,5-6H2. The van der Waals surface area contributed by atoms with Crippen molar-refractivity contribution in [3.63, 3.8) is 0 Å². The summed E-state index contributed by atoms with van der Waals surface area (Å²) < 4.78 is 28.8. The van der Waals surface area contributed by atoms with Crippen LogP contribution in [0.4, 0.5) is 8.78 Å². The molecule has 0 aliphatic rings. The number of alkyl halides is 2. The minimum Gasteiger partial charge on any atom is -0.434 e. The summed E-state index contributed by atoms with van der Waals surface area (Å²) in [6.45, 7) is -2.93. The van der Waals surface area contributed by atoms with E-state index < -0.39 is 6.61 Å². The largest absolute Gasteiger partial charge is 0.434 e. The lowest BCUT2D eigenvalue weighted by molar-refractivity contribution is -0.0501. The van der Waals surface area contributed by atoms with Gasteiger partial charge in [0.25, 0.3) is 0 Å². The number of thiophene rings is 1. The lowest BCUT2D eigenvalue weighted by atomic mass is 10.0. The van der Waals surface area contributed by atoms with Crippen LogP contribution in [0, 0.1) is 0 Å². The Balaban J connectivity index is 2.06. The van der Waals surface area contributed by atoms with Crippen molar-refractivity contribution in [2.75, 3.05) is 0 Å². The van der Waals surface area contributed by atoms with E-state index in [0.717, 1.165) is 5.56 Å². The lowest BCUT2D eigenvalue weighted by Gasteiger charge is -2.09. The van der Waals surface area contributed by atoms with Gasteiger partial charge in [-0.25, -0.2) is 0 Å². The Hall–Kier alpha value is -1.75. The molecular formula is C14H12F2O2S. The predicted molar refractivity (Wildman–Crippen MR) is 70.0 cm³/mol. The summed E-state index contributed by atoms with van der Waals surface area (Å²) in [6.07, 6.45) is 0.881. The maximum Gasteiger partial charge on any atom is 0.387 e. The fourth-order valence-corrected chi connectivity index (χ4v) is 2.43. The molecule has 0 atom stereocenters. The number of ether oxygens (including phenoxy) is 1. The highest BCUT2D eigenvalue weighted by molar-refractivity contribution is 7.07. The van der Waals surface area contributed by atoms with Gasteiger partial charge in [0, 0.05) is 6.42 Å². The Kier molecular flexibility index (Phi) is 4.63. The molecular weight excluding hydrogens is 270 g/mol. The summed E-state index contributed by atoms with van der Waals surface area (Å²) in [7, 11) is 0. The van der Waals surface area contributed by atoms with Crippen LogP contribution in [0.1, 0.15) is 22.3 Å². The monoisotopic (exact) mass is 282 g/mol. The summed E-state index contributed by atoms with van der Waals surface area (Å²) in [5.41, 5.74) is 1.28. The molecule has 0 amide bonds. The van der Waals surface area contributed by atoms with E-state index in [2.05, 4.69) is 4.74 Å². The van der Waals surface area contributed by atoms with Crippen molar-refractivity contribution in [1.29, 1.82) is 0 Å². The maximum absolute atomic E-state index is 12.2. The lowest BCUT2D eigenvalue weighted by Crippen LogP contribution is -2.08. The molecule has 0 spiro atoms. The highest BCUT2D eigenvalue weighted by atomic mass is 32.1. The second-order valence-corrected chi connectivity index (χ2v) is 4.71. The van der Waals surface area contributed by atoms with Gasteiger partial charge in [-0.3, -0.25) is 4.79 Å². The number of para-hydroxylation sites is 1. The summed E-state index contributed by atoms with van der Waals surface area (Å²) >= 11 is 1.56. The number of Topliss-reactive ketones (excluding diaryl/α,β-unsaturated/α-hetero) is 1. The molecule has 1 aromatic heterocycles. The minimum absolute atomic E-state index is 0.0622. The van der Waals surface area contributed by atoms with Crippen LogP contribution in [0.2, 0.25) is 0 Å². The van der Waals surface area contributed by atoms with Crippen LogP contribution in [-0.4, -0.2) is 12.4 Å². The Bertz CT molecular complexity index is 538. The van der Waals surface area contributed by atoms with Crippen molar-refractivity contribution in [3.8, 4) is 5.75 Å². The Morgan fingerprint density at radius 3 is 2.74 bits per heavy atom. The molecule has 0 unspecified atom stereocenters. The summed E-state index contributed by atoms with van der Waals surface area (Å²) in [5, 5.41) is 3.91. The van der Waals surface area contributed by atoms with Gasteiger partial charge in [0.2, 0.25) is 0 Å². The molecule has 0 aliphatic heterocycles. The molecule has 0 fully saturated rings. The average Bonchev–Trinajstić information content (AvgIpc) is 2.89.